The highest BCUT2D eigenvalue weighted by Crippen LogP contribution is 1.91. The molecule has 0 aromatic heterocycles. The third-order valence-corrected chi connectivity index (χ3v) is 1.49. The second-order valence-corrected chi connectivity index (χ2v) is 2.34. The van der Waals surface area contributed by atoms with Gasteiger partial charge in [0.25, 0.3) is 0 Å². The largest absolute Gasteiger partial charge is 0.303 e. The molecule has 0 amide bonds. The molecular formula is C6H15N3. The predicted molar refractivity (Wildman–Crippen MR) is 37.9 cm³/mol. The van der Waals surface area contributed by atoms with E-state index in [9.17, 15) is 0 Å². The molecule has 1 heterocycles. The standard InChI is InChI=1S/C6H15N3/c1-2-4-7-6-9-8-5-3-1/h7-9H,1-6H2. The molecule has 0 aromatic rings. The molecule has 3 nitrogen and oxygen atoms in total. The van der Waals surface area contributed by atoms with E-state index in [0.29, 0.717) is 0 Å². The molecule has 1 aliphatic rings. The molecule has 0 radical (unpaired) electrons. The maximum Gasteiger partial charge on any atom is 0.0589 e. The van der Waals surface area contributed by atoms with Crippen LogP contribution in [-0.2, 0) is 0 Å². The van der Waals surface area contributed by atoms with Crippen LogP contribution in [0.4, 0.5) is 0 Å². The van der Waals surface area contributed by atoms with E-state index in [2.05, 4.69) is 16.2 Å². The zero-order valence-corrected chi connectivity index (χ0v) is 5.74. The van der Waals surface area contributed by atoms with Gasteiger partial charge in [0, 0.05) is 6.54 Å². The number of nitrogens with one attached hydrogen (secondary N) is 3. The average molecular weight is 129 g/mol. The topological polar surface area (TPSA) is 36.1 Å². The lowest BCUT2D eigenvalue weighted by Gasteiger charge is -2.02. The van der Waals surface area contributed by atoms with E-state index >= 15 is 0 Å². The molecule has 0 atom stereocenters. The van der Waals surface area contributed by atoms with Gasteiger partial charge in [-0.15, -0.1) is 0 Å². The van der Waals surface area contributed by atoms with Gasteiger partial charge in [0.05, 0.1) is 6.67 Å². The summed E-state index contributed by atoms with van der Waals surface area (Å²) in [6, 6.07) is 0. The quantitative estimate of drug-likeness (QED) is 0.424. The second kappa shape index (κ2) is 4.73. The van der Waals surface area contributed by atoms with Crippen LogP contribution < -0.4 is 16.2 Å². The van der Waals surface area contributed by atoms with Crippen LogP contribution in [0.1, 0.15) is 19.3 Å². The predicted octanol–water partition coefficient (Wildman–Crippen LogP) is -0.188. The summed E-state index contributed by atoms with van der Waals surface area (Å²) >= 11 is 0. The molecule has 9 heavy (non-hydrogen) atoms. The third-order valence-electron chi connectivity index (χ3n) is 1.49. The van der Waals surface area contributed by atoms with Crippen molar-refractivity contribution in [2.75, 3.05) is 19.8 Å². The minimum absolute atomic E-state index is 0.889. The van der Waals surface area contributed by atoms with Crippen LogP contribution >= 0.6 is 0 Å². The van der Waals surface area contributed by atoms with E-state index in [1.54, 1.807) is 0 Å². The van der Waals surface area contributed by atoms with Gasteiger partial charge in [0.1, 0.15) is 0 Å². The zero-order chi connectivity index (χ0) is 6.36. The van der Waals surface area contributed by atoms with Gasteiger partial charge >= 0.3 is 0 Å². The Bertz CT molecular complexity index is 36.8. The summed E-state index contributed by atoms with van der Waals surface area (Å²) in [5, 5.41) is 3.25. The van der Waals surface area contributed by atoms with Gasteiger partial charge in [-0.1, -0.05) is 6.42 Å². The normalized spacial score (nSPS) is 24.0. The third kappa shape index (κ3) is 3.46. The van der Waals surface area contributed by atoms with Crippen LogP contribution in [0.3, 0.4) is 0 Å². The highest BCUT2D eigenvalue weighted by Gasteiger charge is 1.92. The van der Waals surface area contributed by atoms with E-state index in [1.165, 1.54) is 19.3 Å². The fourth-order valence-corrected chi connectivity index (χ4v) is 0.942. The van der Waals surface area contributed by atoms with Gasteiger partial charge in [0.15, 0.2) is 0 Å². The SMILES string of the molecule is C1CCNCNNCC1. The minimum atomic E-state index is 0.889. The maximum absolute atomic E-state index is 3.25. The van der Waals surface area contributed by atoms with E-state index in [-0.39, 0.29) is 0 Å². The highest BCUT2D eigenvalue weighted by molar-refractivity contribution is 4.51. The van der Waals surface area contributed by atoms with E-state index < -0.39 is 0 Å². The van der Waals surface area contributed by atoms with Crippen molar-refractivity contribution < 1.29 is 0 Å². The van der Waals surface area contributed by atoms with Gasteiger partial charge in [-0.2, -0.15) is 0 Å². The lowest BCUT2D eigenvalue weighted by molar-refractivity contribution is 0.505. The average Bonchev–Trinajstić information content (AvgIpc) is 2.00. The fourth-order valence-electron chi connectivity index (χ4n) is 0.942. The monoisotopic (exact) mass is 129 g/mol. The van der Waals surface area contributed by atoms with Crippen molar-refractivity contribution in [1.82, 2.24) is 16.2 Å². The molecule has 3 heteroatoms. The Kier molecular flexibility index (Phi) is 3.68. The van der Waals surface area contributed by atoms with Gasteiger partial charge in [-0.05, 0) is 19.4 Å². The Hall–Kier alpha value is -0.120. The summed E-state index contributed by atoms with van der Waals surface area (Å²) in [7, 11) is 0. The maximum atomic E-state index is 3.25. The van der Waals surface area contributed by atoms with E-state index in [0.717, 1.165) is 19.8 Å². The molecule has 1 rings (SSSR count). The number of rotatable bonds is 0. The molecule has 1 fully saturated rings. The fraction of sp³-hybridized carbons (Fsp3) is 1.00. The first-order valence-electron chi connectivity index (χ1n) is 3.66. The van der Waals surface area contributed by atoms with Gasteiger partial charge < -0.3 is 5.32 Å². The second-order valence-electron chi connectivity index (χ2n) is 2.34. The molecule has 0 aliphatic carbocycles. The smallest absolute Gasteiger partial charge is 0.0589 e. The van der Waals surface area contributed by atoms with Crippen molar-refractivity contribution in [3.05, 3.63) is 0 Å². The Morgan fingerprint density at radius 3 is 2.67 bits per heavy atom. The summed E-state index contributed by atoms with van der Waals surface area (Å²) < 4.78 is 0. The summed E-state index contributed by atoms with van der Waals surface area (Å²) in [6.07, 6.45) is 3.93. The Morgan fingerprint density at radius 2 is 1.67 bits per heavy atom. The molecule has 0 unspecified atom stereocenters. The van der Waals surface area contributed by atoms with E-state index in [4.69, 9.17) is 0 Å². The van der Waals surface area contributed by atoms with Crippen molar-refractivity contribution in [2.24, 2.45) is 0 Å². The molecule has 0 bridgehead atoms. The molecule has 1 aliphatic heterocycles. The van der Waals surface area contributed by atoms with Crippen molar-refractivity contribution in [3.63, 3.8) is 0 Å². The molecule has 3 N–H and O–H groups in total. The molecule has 0 saturated carbocycles. The highest BCUT2D eigenvalue weighted by atomic mass is 15.4. The first-order valence-corrected chi connectivity index (χ1v) is 3.66. The van der Waals surface area contributed by atoms with Crippen LogP contribution in [-0.4, -0.2) is 19.8 Å². The summed E-state index contributed by atoms with van der Waals surface area (Å²) in [5.41, 5.74) is 6.18. The number of hydrazine groups is 1. The van der Waals surface area contributed by atoms with Gasteiger partial charge in [-0.25, -0.2) is 5.43 Å². The summed E-state index contributed by atoms with van der Waals surface area (Å²) in [5.74, 6) is 0. The van der Waals surface area contributed by atoms with Crippen LogP contribution in [0.5, 0.6) is 0 Å². The lowest BCUT2D eigenvalue weighted by Crippen LogP contribution is -2.38. The first kappa shape index (κ1) is 6.99. The number of hydrogen-bond acceptors (Lipinski definition) is 3. The Labute approximate surface area is 56.2 Å². The molecule has 0 aromatic carbocycles. The van der Waals surface area contributed by atoms with Gasteiger partial charge in [0.2, 0.25) is 0 Å². The van der Waals surface area contributed by atoms with Crippen LogP contribution in [0, 0.1) is 0 Å². The molecule has 1 saturated heterocycles. The van der Waals surface area contributed by atoms with Crippen LogP contribution in [0.25, 0.3) is 0 Å². The first-order chi connectivity index (χ1) is 4.50. The summed E-state index contributed by atoms with van der Waals surface area (Å²) in [4.78, 5) is 0. The molecule has 0 spiro atoms. The van der Waals surface area contributed by atoms with Crippen molar-refractivity contribution in [3.8, 4) is 0 Å². The van der Waals surface area contributed by atoms with Crippen molar-refractivity contribution >= 4 is 0 Å². The molecule has 54 valence electrons. The lowest BCUT2D eigenvalue weighted by atomic mass is 10.2. The zero-order valence-electron chi connectivity index (χ0n) is 5.74. The number of hydrogen-bond donors (Lipinski definition) is 3. The van der Waals surface area contributed by atoms with E-state index in [1.807, 2.05) is 0 Å². The minimum Gasteiger partial charge on any atom is -0.303 e. The Morgan fingerprint density at radius 1 is 0.778 bits per heavy atom. The summed E-state index contributed by atoms with van der Waals surface area (Å²) in [6.45, 7) is 3.14. The Balaban J connectivity index is 2.02. The van der Waals surface area contributed by atoms with Crippen LogP contribution in [0.15, 0.2) is 0 Å². The van der Waals surface area contributed by atoms with Crippen LogP contribution in [0.2, 0.25) is 0 Å². The molecular weight excluding hydrogens is 114 g/mol. The van der Waals surface area contributed by atoms with Gasteiger partial charge in [-0.3, -0.25) is 5.43 Å². The van der Waals surface area contributed by atoms with Crippen molar-refractivity contribution in [2.45, 2.75) is 19.3 Å². The van der Waals surface area contributed by atoms with Crippen molar-refractivity contribution in [1.29, 1.82) is 0 Å².